The lowest BCUT2D eigenvalue weighted by atomic mass is 10.2. The van der Waals surface area contributed by atoms with Crippen LogP contribution in [0.25, 0.3) is 0 Å². The molecule has 2 N–H and O–H groups in total. The number of nitrogens with zero attached hydrogens (tertiary/aromatic N) is 2. The summed E-state index contributed by atoms with van der Waals surface area (Å²) < 4.78 is 24.8. The van der Waals surface area contributed by atoms with Gasteiger partial charge in [-0.3, -0.25) is 4.98 Å². The van der Waals surface area contributed by atoms with Gasteiger partial charge in [-0.2, -0.15) is 0 Å². The van der Waals surface area contributed by atoms with Crippen molar-refractivity contribution in [3.8, 4) is 5.75 Å². The molecule has 1 aliphatic rings. The molecule has 1 atom stereocenters. The molecule has 27 heavy (non-hydrogen) atoms. The molecular formula is C19H20FN2O5+. The molecule has 3 rings (SSSR count). The Balaban J connectivity index is 1.80. The van der Waals surface area contributed by atoms with Crippen LogP contribution in [0.3, 0.4) is 0 Å². The van der Waals surface area contributed by atoms with Crippen LogP contribution >= 0.6 is 0 Å². The number of aromatic nitrogens is 1. The molecule has 1 saturated heterocycles. The zero-order valence-electron chi connectivity index (χ0n) is 14.6. The van der Waals surface area contributed by atoms with E-state index in [-0.39, 0.29) is 23.6 Å². The van der Waals surface area contributed by atoms with E-state index in [0.717, 1.165) is 12.8 Å². The topological polar surface area (TPSA) is 92.9 Å². The molecular weight excluding hydrogens is 355 g/mol. The largest absolute Gasteiger partial charge is 0.561 e. The van der Waals surface area contributed by atoms with E-state index in [1.807, 2.05) is 0 Å². The maximum Gasteiger partial charge on any atom is 0.549 e. The number of oxime groups is 1. The van der Waals surface area contributed by atoms with E-state index in [1.165, 1.54) is 30.5 Å². The van der Waals surface area contributed by atoms with E-state index in [0.29, 0.717) is 18.7 Å². The van der Waals surface area contributed by atoms with Crippen LogP contribution in [0.15, 0.2) is 47.8 Å². The number of hydrogen-bond acceptors (Lipinski definition) is 6. The first kappa shape index (κ1) is 18.8. The SMILES string of the molecule is O=C([OH2+])c1ccnc(/C(COc2ccccc2F)=N/OC2CCCCO2)c1. The van der Waals surface area contributed by atoms with Gasteiger partial charge >= 0.3 is 5.97 Å². The third-order valence-corrected chi connectivity index (χ3v) is 3.94. The lowest BCUT2D eigenvalue weighted by molar-refractivity contribution is -0.162. The number of benzene rings is 1. The summed E-state index contributed by atoms with van der Waals surface area (Å²) in [6, 6.07) is 8.85. The number of rotatable bonds is 7. The Hall–Kier alpha value is -3.00. The van der Waals surface area contributed by atoms with Crippen molar-refractivity contribution in [2.24, 2.45) is 5.16 Å². The predicted molar refractivity (Wildman–Crippen MR) is 95.3 cm³/mol. The standard InChI is InChI=1S/C19H19FN2O5/c20-14-5-1-2-6-17(14)26-12-16(22-27-18-7-3-4-10-25-18)15-11-13(19(23)24)8-9-21-15/h1-2,5-6,8-9,11,18H,3-4,7,10,12H2,(H,23,24)/p+1/b22-16+. The van der Waals surface area contributed by atoms with Gasteiger partial charge in [0.05, 0.1) is 12.3 Å². The molecule has 0 amide bonds. The maximum atomic E-state index is 13.8. The maximum absolute atomic E-state index is 13.8. The fourth-order valence-electron chi connectivity index (χ4n) is 2.50. The Kier molecular flexibility index (Phi) is 6.32. The first-order chi connectivity index (χ1) is 13.1. The van der Waals surface area contributed by atoms with Gasteiger partial charge in [-0.05, 0) is 37.1 Å². The minimum absolute atomic E-state index is 0.0619. The van der Waals surface area contributed by atoms with E-state index in [4.69, 9.17) is 19.4 Å². The summed E-state index contributed by atoms with van der Waals surface area (Å²) in [5, 5.41) is 11.3. The first-order valence-corrected chi connectivity index (χ1v) is 8.57. The van der Waals surface area contributed by atoms with Gasteiger partial charge in [-0.25, -0.2) is 4.39 Å². The highest BCUT2D eigenvalue weighted by Gasteiger charge is 2.18. The molecule has 0 aliphatic carbocycles. The third-order valence-electron chi connectivity index (χ3n) is 3.94. The number of hydrogen-bond donors (Lipinski definition) is 0. The van der Waals surface area contributed by atoms with Crippen LogP contribution in [0.2, 0.25) is 0 Å². The van der Waals surface area contributed by atoms with Crippen molar-refractivity contribution in [2.75, 3.05) is 13.2 Å². The monoisotopic (exact) mass is 375 g/mol. The van der Waals surface area contributed by atoms with Crippen LogP contribution < -0.4 is 4.74 Å². The lowest BCUT2D eigenvalue weighted by Gasteiger charge is -2.20. The van der Waals surface area contributed by atoms with Crippen molar-refractivity contribution >= 4 is 11.7 Å². The van der Waals surface area contributed by atoms with E-state index >= 15 is 0 Å². The van der Waals surface area contributed by atoms with Crippen molar-refractivity contribution in [1.29, 1.82) is 0 Å². The normalized spacial score (nSPS) is 17.4. The Morgan fingerprint density at radius 1 is 1.33 bits per heavy atom. The Morgan fingerprint density at radius 2 is 2.19 bits per heavy atom. The summed E-state index contributed by atoms with van der Waals surface area (Å²) in [7, 11) is 0. The number of para-hydroxylation sites is 1. The van der Waals surface area contributed by atoms with Gasteiger partial charge in [-0.1, -0.05) is 17.3 Å². The number of ether oxygens (including phenoxy) is 2. The predicted octanol–water partition coefficient (Wildman–Crippen LogP) is 2.41. The fraction of sp³-hybridized carbons (Fsp3) is 0.316. The lowest BCUT2D eigenvalue weighted by Crippen LogP contribution is -2.22. The summed E-state index contributed by atoms with van der Waals surface area (Å²) in [6.07, 6.45) is 3.59. The molecule has 8 heteroatoms. The minimum atomic E-state index is -0.843. The first-order valence-electron chi connectivity index (χ1n) is 8.57. The summed E-state index contributed by atoms with van der Waals surface area (Å²) in [6.45, 7) is 0.471. The summed E-state index contributed by atoms with van der Waals surface area (Å²) in [4.78, 5) is 20.9. The van der Waals surface area contributed by atoms with Crippen molar-refractivity contribution in [1.82, 2.24) is 4.98 Å². The van der Waals surface area contributed by atoms with Crippen molar-refractivity contribution < 1.29 is 28.6 Å². The molecule has 1 aromatic heterocycles. The van der Waals surface area contributed by atoms with E-state index in [1.54, 1.807) is 12.1 Å². The van der Waals surface area contributed by atoms with Crippen LogP contribution in [-0.4, -0.2) is 41.3 Å². The fourth-order valence-corrected chi connectivity index (χ4v) is 2.50. The number of carbonyl (C=O) groups is 1. The van der Waals surface area contributed by atoms with Crippen LogP contribution in [-0.2, 0) is 9.57 Å². The second kappa shape index (κ2) is 9.09. The Labute approximate surface area is 155 Å². The molecule has 1 fully saturated rings. The second-order valence-electron chi connectivity index (χ2n) is 5.92. The molecule has 1 unspecified atom stereocenters. The third kappa shape index (κ3) is 5.24. The summed E-state index contributed by atoms with van der Waals surface area (Å²) >= 11 is 0. The molecule has 1 aliphatic heterocycles. The van der Waals surface area contributed by atoms with Crippen LogP contribution in [0.5, 0.6) is 5.75 Å². The molecule has 0 spiro atoms. The smallest absolute Gasteiger partial charge is 0.549 e. The molecule has 2 heterocycles. The highest BCUT2D eigenvalue weighted by atomic mass is 19.1. The van der Waals surface area contributed by atoms with Gasteiger partial charge in [0.2, 0.25) is 6.29 Å². The highest BCUT2D eigenvalue weighted by molar-refractivity contribution is 6.01. The van der Waals surface area contributed by atoms with Crippen molar-refractivity contribution in [3.05, 3.63) is 59.7 Å². The highest BCUT2D eigenvalue weighted by Crippen LogP contribution is 2.17. The second-order valence-corrected chi connectivity index (χ2v) is 5.92. The quantitative estimate of drug-likeness (QED) is 0.421. The summed E-state index contributed by atoms with van der Waals surface area (Å²) in [5.41, 5.74) is 0.725. The average molecular weight is 375 g/mol. The van der Waals surface area contributed by atoms with E-state index < -0.39 is 18.1 Å². The van der Waals surface area contributed by atoms with Crippen LogP contribution in [0.4, 0.5) is 4.39 Å². The van der Waals surface area contributed by atoms with E-state index in [9.17, 15) is 9.18 Å². The zero-order valence-corrected chi connectivity index (χ0v) is 14.6. The molecule has 1 aromatic carbocycles. The molecule has 2 aromatic rings. The zero-order chi connectivity index (χ0) is 19.1. The number of pyridine rings is 1. The van der Waals surface area contributed by atoms with Gasteiger partial charge in [0.15, 0.2) is 11.6 Å². The average Bonchev–Trinajstić information content (AvgIpc) is 2.70. The van der Waals surface area contributed by atoms with Gasteiger partial charge < -0.3 is 19.4 Å². The van der Waals surface area contributed by atoms with Gasteiger partial charge in [0.1, 0.15) is 17.9 Å². The van der Waals surface area contributed by atoms with Gasteiger partial charge in [0.25, 0.3) is 0 Å². The van der Waals surface area contributed by atoms with Crippen molar-refractivity contribution in [3.63, 3.8) is 0 Å². The van der Waals surface area contributed by atoms with Crippen molar-refractivity contribution in [2.45, 2.75) is 25.6 Å². The molecule has 142 valence electrons. The van der Waals surface area contributed by atoms with Crippen LogP contribution in [0, 0.1) is 5.82 Å². The molecule has 0 radical (unpaired) electrons. The number of halogens is 1. The molecule has 7 nitrogen and oxygen atoms in total. The van der Waals surface area contributed by atoms with E-state index in [2.05, 4.69) is 10.1 Å². The summed E-state index contributed by atoms with van der Waals surface area (Å²) in [5.74, 6) is -1.28. The van der Waals surface area contributed by atoms with Crippen LogP contribution in [0.1, 0.15) is 35.3 Å². The molecule has 0 saturated carbocycles. The van der Waals surface area contributed by atoms with Gasteiger partial charge in [0, 0.05) is 17.4 Å². The minimum Gasteiger partial charge on any atom is -0.561 e. The Bertz CT molecular complexity index is 821. The number of carbonyl (C=O) groups excluding carboxylic acids is 1. The Morgan fingerprint density at radius 3 is 2.93 bits per heavy atom. The molecule has 0 bridgehead atoms. The van der Waals surface area contributed by atoms with Gasteiger partial charge in [-0.15, -0.1) is 0 Å².